The molecule has 7 nitrogen and oxygen atoms in total. The van der Waals surface area contributed by atoms with E-state index in [1.165, 1.54) is 11.0 Å². The highest BCUT2D eigenvalue weighted by atomic mass is 32.2. The molecule has 0 radical (unpaired) electrons. The van der Waals surface area contributed by atoms with Gasteiger partial charge in [-0.15, -0.1) is 5.10 Å². The van der Waals surface area contributed by atoms with Crippen LogP contribution in [0.4, 0.5) is 0 Å². The minimum atomic E-state index is -3.44. The molecule has 0 spiro atoms. The summed E-state index contributed by atoms with van der Waals surface area (Å²) in [5.41, 5.74) is 1.53. The van der Waals surface area contributed by atoms with Gasteiger partial charge in [0.15, 0.2) is 0 Å². The number of sulfonamides is 1. The first kappa shape index (κ1) is 13.6. The molecule has 1 aromatic carbocycles. The third kappa shape index (κ3) is 2.96. The van der Waals surface area contributed by atoms with Crippen LogP contribution in [-0.4, -0.2) is 35.2 Å². The maximum Gasteiger partial charge on any atom is 0.240 e. The van der Waals surface area contributed by atoms with Gasteiger partial charge in [0, 0.05) is 6.54 Å². The van der Waals surface area contributed by atoms with Crippen molar-refractivity contribution < 1.29 is 8.42 Å². The van der Waals surface area contributed by atoms with Gasteiger partial charge in [-0.3, -0.25) is 0 Å². The zero-order chi connectivity index (χ0) is 13.9. The van der Waals surface area contributed by atoms with Gasteiger partial charge in [-0.05, 0) is 47.5 Å². The van der Waals surface area contributed by atoms with Gasteiger partial charge >= 0.3 is 0 Å². The maximum absolute atomic E-state index is 12.0. The Morgan fingerprint density at radius 2 is 2.16 bits per heavy atom. The number of nitrogens with zero attached hydrogens (tertiary/aromatic N) is 4. The van der Waals surface area contributed by atoms with Crippen LogP contribution in [0.2, 0.25) is 0 Å². The van der Waals surface area contributed by atoms with Gasteiger partial charge in [0.05, 0.1) is 10.6 Å². The van der Waals surface area contributed by atoms with Crippen LogP contribution in [0.25, 0.3) is 5.69 Å². The highest BCUT2D eigenvalue weighted by Crippen LogP contribution is 2.17. The van der Waals surface area contributed by atoms with Crippen molar-refractivity contribution >= 4 is 10.0 Å². The lowest BCUT2D eigenvalue weighted by Gasteiger charge is -2.09. The monoisotopic (exact) mass is 281 g/mol. The molecule has 0 aliphatic carbocycles. The van der Waals surface area contributed by atoms with E-state index in [0.29, 0.717) is 6.54 Å². The Hall–Kier alpha value is -1.80. The molecule has 0 aliphatic rings. The summed E-state index contributed by atoms with van der Waals surface area (Å²) < 4.78 is 28.0. The zero-order valence-corrected chi connectivity index (χ0v) is 11.6. The van der Waals surface area contributed by atoms with Crippen LogP contribution in [0.3, 0.4) is 0 Å². The highest BCUT2D eigenvalue weighted by Gasteiger charge is 2.14. The molecule has 0 amide bonds. The van der Waals surface area contributed by atoms with Crippen LogP contribution in [0, 0.1) is 6.92 Å². The summed E-state index contributed by atoms with van der Waals surface area (Å²) in [6.07, 6.45) is 2.22. The predicted molar refractivity (Wildman–Crippen MR) is 69.4 cm³/mol. The van der Waals surface area contributed by atoms with Crippen molar-refractivity contribution in [3.05, 3.63) is 30.1 Å². The van der Waals surface area contributed by atoms with E-state index in [4.69, 9.17) is 0 Å². The standard InChI is InChI=1S/C11H15N5O2S/c1-3-6-13-19(17,18)10-4-5-11(9(2)7-10)16-8-12-14-15-16/h4-5,7-8,13H,3,6H2,1-2H3. The Bertz CT molecular complexity index is 652. The molecule has 2 rings (SSSR count). The number of aryl methyl sites for hydroxylation is 1. The second-order valence-corrected chi connectivity index (χ2v) is 5.87. The van der Waals surface area contributed by atoms with Crippen molar-refractivity contribution in [2.24, 2.45) is 0 Å². The van der Waals surface area contributed by atoms with E-state index in [-0.39, 0.29) is 4.90 Å². The molecule has 0 aliphatic heterocycles. The number of nitrogens with one attached hydrogen (secondary N) is 1. The van der Waals surface area contributed by atoms with E-state index in [0.717, 1.165) is 17.7 Å². The molecule has 0 fully saturated rings. The first-order chi connectivity index (χ1) is 9.04. The summed E-state index contributed by atoms with van der Waals surface area (Å²) in [6.45, 7) is 4.15. The van der Waals surface area contributed by atoms with Gasteiger partial charge in [-0.1, -0.05) is 6.92 Å². The number of aromatic nitrogens is 4. The molecule has 0 saturated carbocycles. The first-order valence-corrected chi connectivity index (χ1v) is 7.36. The molecular formula is C11H15N5O2S. The number of benzene rings is 1. The zero-order valence-electron chi connectivity index (χ0n) is 10.7. The minimum absolute atomic E-state index is 0.246. The average molecular weight is 281 g/mol. The van der Waals surface area contributed by atoms with Crippen LogP contribution in [-0.2, 0) is 10.0 Å². The molecule has 0 bridgehead atoms. The number of hydrogen-bond donors (Lipinski definition) is 1. The molecule has 1 aromatic heterocycles. The Balaban J connectivity index is 2.34. The first-order valence-electron chi connectivity index (χ1n) is 5.88. The van der Waals surface area contributed by atoms with Crippen molar-refractivity contribution in [2.75, 3.05) is 6.54 Å². The fraction of sp³-hybridized carbons (Fsp3) is 0.364. The lowest BCUT2D eigenvalue weighted by atomic mass is 10.2. The summed E-state index contributed by atoms with van der Waals surface area (Å²) in [5, 5.41) is 10.9. The van der Waals surface area contributed by atoms with Crippen LogP contribution >= 0.6 is 0 Å². The fourth-order valence-corrected chi connectivity index (χ4v) is 2.86. The Morgan fingerprint density at radius 1 is 1.37 bits per heavy atom. The number of hydrogen-bond acceptors (Lipinski definition) is 5. The second kappa shape index (κ2) is 5.45. The molecule has 0 atom stereocenters. The topological polar surface area (TPSA) is 89.8 Å². The summed E-state index contributed by atoms with van der Waals surface area (Å²) in [5.74, 6) is 0. The summed E-state index contributed by atoms with van der Waals surface area (Å²) >= 11 is 0. The molecule has 8 heteroatoms. The van der Waals surface area contributed by atoms with Gasteiger partial charge < -0.3 is 0 Å². The summed E-state index contributed by atoms with van der Waals surface area (Å²) in [4.78, 5) is 0.246. The molecule has 0 saturated heterocycles. The van der Waals surface area contributed by atoms with E-state index in [1.807, 2.05) is 13.8 Å². The van der Waals surface area contributed by atoms with Gasteiger partial charge in [0.2, 0.25) is 10.0 Å². The van der Waals surface area contributed by atoms with Crippen molar-refractivity contribution in [1.82, 2.24) is 24.9 Å². The van der Waals surface area contributed by atoms with Gasteiger partial charge in [0.25, 0.3) is 0 Å². The van der Waals surface area contributed by atoms with Crippen LogP contribution in [0.5, 0.6) is 0 Å². The van der Waals surface area contributed by atoms with Crippen LogP contribution in [0.15, 0.2) is 29.4 Å². The highest BCUT2D eigenvalue weighted by molar-refractivity contribution is 7.89. The van der Waals surface area contributed by atoms with E-state index < -0.39 is 10.0 Å². The molecular weight excluding hydrogens is 266 g/mol. The predicted octanol–water partition coefficient (Wildman–Crippen LogP) is 0.659. The van der Waals surface area contributed by atoms with Gasteiger partial charge in [-0.2, -0.15) is 0 Å². The quantitative estimate of drug-likeness (QED) is 0.869. The van der Waals surface area contributed by atoms with Crippen molar-refractivity contribution in [3.8, 4) is 5.69 Å². The van der Waals surface area contributed by atoms with Crippen molar-refractivity contribution in [2.45, 2.75) is 25.2 Å². The second-order valence-electron chi connectivity index (χ2n) is 4.10. The Labute approximate surface area is 111 Å². The van der Waals surface area contributed by atoms with Crippen LogP contribution in [0.1, 0.15) is 18.9 Å². The summed E-state index contributed by atoms with van der Waals surface area (Å²) in [7, 11) is -3.44. The lowest BCUT2D eigenvalue weighted by molar-refractivity contribution is 0.580. The van der Waals surface area contributed by atoms with E-state index in [1.54, 1.807) is 18.2 Å². The van der Waals surface area contributed by atoms with Crippen molar-refractivity contribution in [3.63, 3.8) is 0 Å². The molecule has 2 aromatic rings. The summed E-state index contributed by atoms with van der Waals surface area (Å²) in [6, 6.07) is 4.84. The van der Waals surface area contributed by atoms with Crippen LogP contribution < -0.4 is 4.72 Å². The Morgan fingerprint density at radius 3 is 2.74 bits per heavy atom. The lowest BCUT2D eigenvalue weighted by Crippen LogP contribution is -2.24. The average Bonchev–Trinajstić information content (AvgIpc) is 2.90. The molecule has 102 valence electrons. The van der Waals surface area contributed by atoms with Crippen molar-refractivity contribution in [1.29, 1.82) is 0 Å². The van der Waals surface area contributed by atoms with E-state index in [2.05, 4.69) is 20.2 Å². The number of rotatable bonds is 5. The minimum Gasteiger partial charge on any atom is -0.211 e. The smallest absolute Gasteiger partial charge is 0.211 e. The maximum atomic E-state index is 12.0. The molecule has 1 heterocycles. The van der Waals surface area contributed by atoms with Gasteiger partial charge in [0.1, 0.15) is 6.33 Å². The molecule has 1 N–H and O–H groups in total. The van der Waals surface area contributed by atoms with Gasteiger partial charge in [-0.25, -0.2) is 17.8 Å². The fourth-order valence-electron chi connectivity index (χ4n) is 1.64. The normalized spacial score (nSPS) is 11.7. The third-order valence-electron chi connectivity index (χ3n) is 2.62. The van der Waals surface area contributed by atoms with E-state index in [9.17, 15) is 8.42 Å². The largest absolute Gasteiger partial charge is 0.240 e. The Kier molecular flexibility index (Phi) is 3.91. The molecule has 19 heavy (non-hydrogen) atoms. The third-order valence-corrected chi connectivity index (χ3v) is 4.08. The molecule has 0 unspecified atom stereocenters. The number of tetrazole rings is 1. The van der Waals surface area contributed by atoms with E-state index >= 15 is 0 Å². The SMILES string of the molecule is CCCNS(=O)(=O)c1ccc(-n2cnnn2)c(C)c1.